The van der Waals surface area contributed by atoms with Crippen LogP contribution in [0.1, 0.15) is 19.4 Å². The molecule has 0 spiro atoms. The van der Waals surface area contributed by atoms with Gasteiger partial charge in [-0.25, -0.2) is 4.21 Å². The van der Waals surface area contributed by atoms with Crippen molar-refractivity contribution in [3.8, 4) is 0 Å². The van der Waals surface area contributed by atoms with Gasteiger partial charge in [0.05, 0.1) is 4.90 Å². The van der Waals surface area contributed by atoms with Crippen LogP contribution in [0, 0.1) is 0 Å². The number of thiophene rings is 1. The Morgan fingerprint density at radius 2 is 2.19 bits per heavy atom. The molecule has 0 bridgehead atoms. The maximum Gasteiger partial charge on any atom is 0.262 e. The van der Waals surface area contributed by atoms with Gasteiger partial charge < -0.3 is 14.8 Å². The molecular weight excluding hydrogens is 324 g/mol. The van der Waals surface area contributed by atoms with Crippen molar-refractivity contribution < 1.29 is 8.95 Å². The second-order valence-corrected chi connectivity index (χ2v) is 7.48. The zero-order chi connectivity index (χ0) is 15.0. The van der Waals surface area contributed by atoms with Crippen molar-refractivity contribution in [1.29, 1.82) is 0 Å². The molecule has 1 aromatic carbocycles. The maximum absolute atomic E-state index is 12.2. The van der Waals surface area contributed by atoms with Crippen molar-refractivity contribution in [1.82, 2.24) is 0 Å². The maximum atomic E-state index is 12.2. The van der Waals surface area contributed by atoms with E-state index in [1.165, 1.54) is 11.3 Å². The van der Waals surface area contributed by atoms with Gasteiger partial charge in [-0.05, 0) is 55.7 Å². The smallest absolute Gasteiger partial charge is 0.262 e. The minimum atomic E-state index is -1.26. The monoisotopic (exact) mass is 338 g/mol. The molecule has 1 aromatic heterocycles. The van der Waals surface area contributed by atoms with Crippen LogP contribution in [0.15, 0.2) is 39.9 Å². The lowest BCUT2D eigenvalue weighted by molar-refractivity contribution is 0.0948. The minimum absolute atomic E-state index is 0.370. The van der Waals surface area contributed by atoms with E-state index in [9.17, 15) is 4.21 Å². The van der Waals surface area contributed by atoms with E-state index in [4.69, 9.17) is 17.0 Å². The van der Waals surface area contributed by atoms with Gasteiger partial charge in [0.25, 0.3) is 5.17 Å². The first-order valence-electron chi connectivity index (χ1n) is 6.31. The van der Waals surface area contributed by atoms with Gasteiger partial charge in [-0.15, -0.1) is 0 Å². The topological polar surface area (TPSA) is 50.4 Å². The zero-order valence-electron chi connectivity index (χ0n) is 11.5. The van der Waals surface area contributed by atoms with Crippen molar-refractivity contribution in [3.63, 3.8) is 0 Å². The number of nitrogens with one attached hydrogen (secondary N) is 2. The molecule has 1 aliphatic rings. The van der Waals surface area contributed by atoms with E-state index in [1.807, 2.05) is 48.9 Å². The summed E-state index contributed by atoms with van der Waals surface area (Å²) in [4.78, 5) is 0.771. The average molecular weight is 338 g/mol. The summed E-state index contributed by atoms with van der Waals surface area (Å²) in [7, 11) is -1.26. The molecule has 7 heteroatoms. The quantitative estimate of drug-likeness (QED) is 0.835. The lowest BCUT2D eigenvalue weighted by atomic mass is 9.94. The van der Waals surface area contributed by atoms with E-state index < -0.39 is 16.6 Å². The number of benzene rings is 1. The molecule has 0 saturated heterocycles. The van der Waals surface area contributed by atoms with Crippen LogP contribution in [-0.2, 0) is 21.3 Å². The van der Waals surface area contributed by atoms with Crippen molar-refractivity contribution in [2.45, 2.75) is 24.3 Å². The highest BCUT2D eigenvalue weighted by Crippen LogP contribution is 2.37. The van der Waals surface area contributed by atoms with Crippen LogP contribution in [0.2, 0.25) is 0 Å². The third kappa shape index (κ3) is 2.95. The Labute approximate surface area is 135 Å². The molecule has 2 N–H and O–H groups in total. The van der Waals surface area contributed by atoms with Gasteiger partial charge in [-0.1, -0.05) is 0 Å². The summed E-state index contributed by atoms with van der Waals surface area (Å²) in [6.07, 6.45) is 0. The van der Waals surface area contributed by atoms with E-state index in [0.717, 1.165) is 21.8 Å². The number of rotatable bonds is 3. The zero-order valence-corrected chi connectivity index (χ0v) is 14.0. The minimum Gasteiger partial charge on any atom is -0.460 e. The number of hydrogen-bond donors (Lipinski definition) is 2. The third-order valence-electron chi connectivity index (χ3n) is 3.17. The highest BCUT2D eigenvalue weighted by molar-refractivity contribution is 7.86. The molecule has 0 aliphatic carbocycles. The van der Waals surface area contributed by atoms with Crippen LogP contribution < -0.4 is 10.0 Å². The molecule has 0 radical (unpaired) electrons. The normalized spacial score (nSPS) is 17.3. The molecular formula is C14H14N2O2S3. The largest absolute Gasteiger partial charge is 0.460 e. The van der Waals surface area contributed by atoms with Crippen LogP contribution in [0.25, 0.3) is 0 Å². The van der Waals surface area contributed by atoms with E-state index in [2.05, 4.69) is 10.0 Å². The molecule has 2 aromatic rings. The van der Waals surface area contributed by atoms with E-state index >= 15 is 0 Å². The molecule has 0 saturated carbocycles. The molecule has 1 atom stereocenters. The summed E-state index contributed by atoms with van der Waals surface area (Å²) in [5.41, 5.74) is 2.16. The molecule has 1 unspecified atom stereocenters. The number of fused-ring (bicyclic) bond motifs is 1. The Morgan fingerprint density at radius 3 is 2.90 bits per heavy atom. The fraction of sp³-hybridized carbons (Fsp3) is 0.214. The van der Waals surface area contributed by atoms with E-state index in [-0.39, 0.29) is 0 Å². The summed E-state index contributed by atoms with van der Waals surface area (Å²) in [6.45, 7) is 3.91. The van der Waals surface area contributed by atoms with Crippen LogP contribution in [0.3, 0.4) is 0 Å². The Kier molecular flexibility index (Phi) is 3.73. The second-order valence-electron chi connectivity index (χ2n) is 5.12. The highest BCUT2D eigenvalue weighted by atomic mass is 32.2. The van der Waals surface area contributed by atoms with Crippen molar-refractivity contribution >= 4 is 51.1 Å². The Balaban J connectivity index is 1.89. The summed E-state index contributed by atoms with van der Waals surface area (Å²) in [5.74, 6) is 0. The molecule has 2 heterocycles. The Morgan fingerprint density at radius 1 is 1.38 bits per heavy atom. The molecule has 3 rings (SSSR count). The van der Waals surface area contributed by atoms with Gasteiger partial charge in [0.1, 0.15) is 5.60 Å². The predicted molar refractivity (Wildman–Crippen MR) is 91.1 cm³/mol. The van der Waals surface area contributed by atoms with Crippen molar-refractivity contribution in [3.05, 3.63) is 40.6 Å². The number of thiocarbonyl (C=S) groups is 1. The second kappa shape index (κ2) is 5.40. The summed E-state index contributed by atoms with van der Waals surface area (Å²) in [6, 6.07) is 7.58. The van der Waals surface area contributed by atoms with Gasteiger partial charge in [0.2, 0.25) is 0 Å². The summed E-state index contributed by atoms with van der Waals surface area (Å²) >= 11 is 6.62. The molecule has 4 nitrogen and oxygen atoms in total. The summed E-state index contributed by atoms with van der Waals surface area (Å²) in [5, 5.41) is 7.18. The molecule has 110 valence electrons. The van der Waals surface area contributed by atoms with Crippen LogP contribution in [0.5, 0.6) is 0 Å². The van der Waals surface area contributed by atoms with E-state index in [1.54, 1.807) is 0 Å². The SMILES string of the molecule is CC1(C)OC(=S)Nc2ccc(NS(=O)c3ccsc3)cc21. The molecule has 21 heavy (non-hydrogen) atoms. The lowest BCUT2D eigenvalue weighted by Gasteiger charge is -2.34. The first-order chi connectivity index (χ1) is 9.95. The highest BCUT2D eigenvalue weighted by Gasteiger charge is 2.31. The van der Waals surface area contributed by atoms with Gasteiger partial charge in [0, 0.05) is 22.3 Å². The van der Waals surface area contributed by atoms with Crippen molar-refractivity contribution in [2.75, 3.05) is 10.0 Å². The van der Waals surface area contributed by atoms with Gasteiger partial charge in [0.15, 0.2) is 11.0 Å². The van der Waals surface area contributed by atoms with Gasteiger partial charge in [-0.3, -0.25) is 0 Å². The predicted octanol–water partition coefficient (Wildman–Crippen LogP) is 3.84. The third-order valence-corrected chi connectivity index (χ3v) is 5.29. The van der Waals surface area contributed by atoms with E-state index in [0.29, 0.717) is 5.17 Å². The summed E-state index contributed by atoms with van der Waals surface area (Å²) < 4.78 is 20.9. The lowest BCUT2D eigenvalue weighted by Crippen LogP contribution is -2.34. The fourth-order valence-corrected chi connectivity index (χ4v) is 4.25. The number of hydrogen-bond acceptors (Lipinski definition) is 4. The first kappa shape index (κ1) is 14.5. The Hall–Kier alpha value is -1.44. The fourth-order valence-electron chi connectivity index (χ4n) is 2.16. The van der Waals surface area contributed by atoms with Gasteiger partial charge in [-0.2, -0.15) is 11.3 Å². The average Bonchev–Trinajstić information content (AvgIpc) is 2.92. The molecule has 1 aliphatic heterocycles. The first-order valence-corrected chi connectivity index (χ1v) is 8.81. The molecule has 0 amide bonds. The van der Waals surface area contributed by atoms with Crippen LogP contribution in [0.4, 0.5) is 11.4 Å². The number of ether oxygens (including phenoxy) is 1. The van der Waals surface area contributed by atoms with Gasteiger partial charge >= 0.3 is 0 Å². The van der Waals surface area contributed by atoms with Crippen LogP contribution >= 0.6 is 23.6 Å². The Bertz CT molecular complexity index is 711. The molecule has 0 fully saturated rings. The number of anilines is 2. The van der Waals surface area contributed by atoms with Crippen LogP contribution in [-0.4, -0.2) is 9.38 Å². The standard InChI is InChI=1S/C14H14N2O2S3/c1-14(2)11-7-9(3-4-12(11)15-13(19)18-14)16-21(17)10-5-6-20-8-10/h3-8,16H,1-2H3,(H,15,19). The van der Waals surface area contributed by atoms with Crippen molar-refractivity contribution in [2.24, 2.45) is 0 Å².